The van der Waals surface area contributed by atoms with Crippen LogP contribution in [-0.2, 0) is 25.3 Å². The number of rotatable bonds is 7. The molecule has 0 bridgehead atoms. The first-order valence-electron chi connectivity index (χ1n) is 13.9. The van der Waals surface area contributed by atoms with Crippen LogP contribution in [-0.4, -0.2) is 69.3 Å². The van der Waals surface area contributed by atoms with E-state index in [9.17, 15) is 32.7 Å². The highest BCUT2D eigenvalue weighted by Crippen LogP contribution is 2.51. The number of fused-ring (bicyclic) bond motifs is 1. The summed E-state index contributed by atoms with van der Waals surface area (Å²) in [5, 5.41) is 13.6. The Balaban J connectivity index is 2.16. The number of ether oxygens (including phenoxy) is 3. The van der Waals surface area contributed by atoms with E-state index in [0.29, 0.717) is 17.9 Å². The van der Waals surface area contributed by atoms with Gasteiger partial charge in [-0.25, -0.2) is 9.28 Å². The second-order valence-electron chi connectivity index (χ2n) is 12.3. The minimum Gasteiger partial charge on any atom is -0.493 e. The molecule has 0 spiro atoms. The van der Waals surface area contributed by atoms with Gasteiger partial charge in [0.1, 0.15) is 17.8 Å². The number of halogens is 3. The van der Waals surface area contributed by atoms with Gasteiger partial charge in [-0.1, -0.05) is 32.9 Å². The van der Waals surface area contributed by atoms with Crippen LogP contribution < -0.4 is 19.3 Å². The first kappa shape index (κ1) is 32.4. The van der Waals surface area contributed by atoms with Gasteiger partial charge in [0.25, 0.3) is 0 Å². The molecular weight excluding hydrogens is 569 g/mol. The summed E-state index contributed by atoms with van der Waals surface area (Å²) in [7, 11) is 2.81. The topological polar surface area (TPSA) is 111 Å². The molecule has 2 aromatic rings. The van der Waals surface area contributed by atoms with Gasteiger partial charge in [-0.3, -0.25) is 9.59 Å². The molecule has 2 N–H and O–H groups in total. The molecule has 4 rings (SSSR count). The Bertz CT molecular complexity index is 1410. The van der Waals surface area contributed by atoms with E-state index in [2.05, 4.69) is 5.32 Å². The molecule has 1 amide bonds. The Labute approximate surface area is 248 Å². The number of carboxylic acid groups (broad SMARTS) is 1. The lowest BCUT2D eigenvalue weighted by Crippen LogP contribution is -2.75. The fourth-order valence-corrected chi connectivity index (χ4v) is 6.76. The van der Waals surface area contributed by atoms with Crippen molar-refractivity contribution in [3.8, 4) is 11.5 Å². The lowest BCUT2D eigenvalue weighted by atomic mass is 9.70. The third kappa shape index (κ3) is 5.51. The van der Waals surface area contributed by atoms with Crippen molar-refractivity contribution in [2.45, 2.75) is 52.4 Å². The van der Waals surface area contributed by atoms with Crippen molar-refractivity contribution in [2.24, 2.45) is 10.8 Å². The van der Waals surface area contributed by atoms with Crippen LogP contribution in [0.15, 0.2) is 36.4 Å². The average molecular weight is 608 g/mol. The molecule has 2 aliphatic heterocycles. The summed E-state index contributed by atoms with van der Waals surface area (Å²) >= 11 is 0. The number of methoxy groups -OCH3 is 2. The van der Waals surface area contributed by atoms with Gasteiger partial charge in [0.15, 0.2) is 29.3 Å². The van der Waals surface area contributed by atoms with Crippen LogP contribution in [0.25, 0.3) is 0 Å². The summed E-state index contributed by atoms with van der Waals surface area (Å²) in [6.45, 7) is 6.26. The number of benzene rings is 2. The van der Waals surface area contributed by atoms with E-state index in [-0.39, 0.29) is 36.5 Å². The van der Waals surface area contributed by atoms with Gasteiger partial charge in [-0.15, -0.1) is 0 Å². The van der Waals surface area contributed by atoms with E-state index in [1.165, 1.54) is 27.2 Å². The first-order valence-corrected chi connectivity index (χ1v) is 13.9. The number of aliphatic carboxylic acids is 1. The Kier molecular flexibility index (Phi) is 8.71. The molecule has 9 nitrogen and oxygen atoms in total. The number of carboxylic acids is 1. The van der Waals surface area contributed by atoms with E-state index in [0.717, 1.165) is 12.1 Å². The molecule has 43 heavy (non-hydrogen) atoms. The van der Waals surface area contributed by atoms with Gasteiger partial charge in [-0.05, 0) is 25.1 Å². The quantitative estimate of drug-likeness (QED) is 0.343. The maximum absolute atomic E-state index is 14.6. The van der Waals surface area contributed by atoms with Crippen molar-refractivity contribution in [1.82, 2.24) is 9.80 Å². The number of carbonyl (C=O) groups is 3. The molecule has 0 radical (unpaired) electrons. The number of Topliss-reactive ketones (excluding diaryl/α,β-unsaturated/α-hetero) is 1. The van der Waals surface area contributed by atoms with Crippen molar-refractivity contribution in [3.63, 3.8) is 0 Å². The van der Waals surface area contributed by atoms with E-state index in [1.54, 1.807) is 18.2 Å². The van der Waals surface area contributed by atoms with Gasteiger partial charge in [0.2, 0.25) is 0 Å². The SMILES string of the molecule is COc1cccc(C2OCC(=O)[N+](CC(C)(C)C)([C@@H]3CCNC[C@@]3(C(C)=O)C(=O)O)c3ccc(C(F)(F)F)cc32)c1OC. The molecule has 0 aromatic heterocycles. The second kappa shape index (κ2) is 11.5. The molecule has 2 unspecified atom stereocenters. The predicted molar refractivity (Wildman–Crippen MR) is 152 cm³/mol. The minimum absolute atomic E-state index is 0.00248. The van der Waals surface area contributed by atoms with Crippen LogP contribution in [0.4, 0.5) is 18.9 Å². The molecule has 4 atom stereocenters. The van der Waals surface area contributed by atoms with E-state index >= 15 is 0 Å². The molecule has 12 heteroatoms. The van der Waals surface area contributed by atoms with Gasteiger partial charge >= 0.3 is 18.1 Å². The monoisotopic (exact) mass is 607 g/mol. The van der Waals surface area contributed by atoms with Crippen LogP contribution in [0.5, 0.6) is 11.5 Å². The molecule has 1 saturated heterocycles. The molecule has 2 aromatic carbocycles. The third-order valence-corrected chi connectivity index (χ3v) is 8.43. The minimum atomic E-state index is -4.73. The van der Waals surface area contributed by atoms with Crippen LogP contribution in [0, 0.1) is 10.8 Å². The Hall–Kier alpha value is -3.48. The highest BCUT2D eigenvalue weighted by molar-refractivity contribution is 6.05. The maximum Gasteiger partial charge on any atom is 0.416 e. The lowest BCUT2D eigenvalue weighted by Gasteiger charge is -2.51. The number of hydrogen-bond donors (Lipinski definition) is 2. The lowest BCUT2D eigenvalue weighted by molar-refractivity contribution is -0.164. The van der Waals surface area contributed by atoms with Crippen LogP contribution in [0.3, 0.4) is 0 Å². The van der Waals surface area contributed by atoms with Crippen molar-refractivity contribution in [3.05, 3.63) is 53.1 Å². The third-order valence-electron chi connectivity index (χ3n) is 8.43. The summed E-state index contributed by atoms with van der Waals surface area (Å²) in [6, 6.07) is 6.82. The number of carbonyl (C=O) groups excluding carboxylic acids is 2. The zero-order valence-electron chi connectivity index (χ0n) is 25.1. The fraction of sp³-hybridized carbons (Fsp3) is 0.516. The second-order valence-corrected chi connectivity index (χ2v) is 12.3. The Morgan fingerprint density at radius 1 is 1.12 bits per heavy atom. The first-order chi connectivity index (χ1) is 20.0. The van der Waals surface area contributed by atoms with Gasteiger partial charge in [-0.2, -0.15) is 13.2 Å². The average Bonchev–Trinajstić information content (AvgIpc) is 3.05. The Morgan fingerprint density at radius 2 is 1.81 bits per heavy atom. The summed E-state index contributed by atoms with van der Waals surface area (Å²) in [4.78, 5) is 40.9. The maximum atomic E-state index is 14.6. The highest BCUT2D eigenvalue weighted by atomic mass is 19.4. The summed E-state index contributed by atoms with van der Waals surface area (Å²) < 4.78 is 59.1. The zero-order valence-corrected chi connectivity index (χ0v) is 25.1. The van der Waals surface area contributed by atoms with Crippen molar-refractivity contribution in [1.29, 1.82) is 0 Å². The number of nitrogens with zero attached hydrogens (tertiary/aromatic N) is 1. The van der Waals surface area contributed by atoms with E-state index in [1.807, 2.05) is 20.8 Å². The predicted octanol–water partition coefficient (Wildman–Crippen LogP) is 4.74. The zero-order chi connectivity index (χ0) is 32.0. The number of para-hydroxylation sites is 1. The number of nitrogens with one attached hydrogen (secondary N) is 1. The number of ketones is 1. The highest BCUT2D eigenvalue weighted by Gasteiger charge is 2.65. The number of hydrogen-bond acceptors (Lipinski definition) is 7. The molecule has 2 heterocycles. The van der Waals surface area contributed by atoms with Crippen LogP contribution in [0.2, 0.25) is 0 Å². The summed E-state index contributed by atoms with van der Waals surface area (Å²) in [6.07, 6.45) is -5.85. The fourth-order valence-electron chi connectivity index (χ4n) is 6.76. The molecular formula is C31H38F3N2O7+. The van der Waals surface area contributed by atoms with Gasteiger partial charge < -0.3 is 24.6 Å². The molecule has 1 fully saturated rings. The molecule has 0 saturated carbocycles. The Morgan fingerprint density at radius 3 is 2.37 bits per heavy atom. The summed E-state index contributed by atoms with van der Waals surface area (Å²) in [5.41, 5.74) is -3.14. The van der Waals surface area contributed by atoms with Crippen molar-refractivity contribution < 1.29 is 46.9 Å². The van der Waals surface area contributed by atoms with E-state index in [4.69, 9.17) is 14.2 Å². The standard InChI is InChI=1S/C31H37F3N2O7/c1-18(37)30(28(39)40)16-35-13-12-24(30)36(17-29(2,3)4)22-11-10-19(31(32,33)34)14-21(22)26(43-15-25(36)38)20-8-7-9-23(41-5)27(20)42-6/h7-11,14,24,26,35H,12-13,15-17H2,1-6H3/p+1/t24-,26?,30+,36?/m1/s1. The normalized spacial score (nSPS) is 26.3. The van der Waals surface area contributed by atoms with Crippen LogP contribution in [0.1, 0.15) is 56.9 Å². The van der Waals surface area contributed by atoms with Gasteiger partial charge in [0, 0.05) is 42.1 Å². The van der Waals surface area contributed by atoms with Crippen LogP contribution >= 0.6 is 0 Å². The molecule has 234 valence electrons. The van der Waals surface area contributed by atoms with Crippen molar-refractivity contribution in [2.75, 3.05) is 40.5 Å². The number of alkyl halides is 3. The van der Waals surface area contributed by atoms with E-state index < -0.39 is 63.5 Å². The van der Waals surface area contributed by atoms with Crippen molar-refractivity contribution >= 4 is 23.3 Å². The number of amides is 1. The largest absolute Gasteiger partial charge is 0.493 e. The molecule has 2 aliphatic rings. The molecule has 0 aliphatic carbocycles. The number of quaternary nitrogens is 1. The summed E-state index contributed by atoms with van der Waals surface area (Å²) in [5.74, 6) is -2.09. The van der Waals surface area contributed by atoms with Gasteiger partial charge in [0.05, 0.1) is 26.3 Å². The smallest absolute Gasteiger partial charge is 0.416 e. The number of piperidine rings is 1.